The van der Waals surface area contributed by atoms with Crippen molar-refractivity contribution in [3.63, 3.8) is 0 Å². The summed E-state index contributed by atoms with van der Waals surface area (Å²) in [5.41, 5.74) is 5.41. The lowest BCUT2D eigenvalue weighted by molar-refractivity contribution is -0.136. The lowest BCUT2D eigenvalue weighted by atomic mass is 9.99. The number of aromatic nitrogens is 2. The van der Waals surface area contributed by atoms with Crippen molar-refractivity contribution in [2.45, 2.75) is 57.2 Å². The third-order valence-corrected chi connectivity index (χ3v) is 14.1. The number of methoxy groups -OCH3 is 1. The van der Waals surface area contributed by atoms with Crippen LogP contribution in [0.5, 0.6) is 5.75 Å². The van der Waals surface area contributed by atoms with Gasteiger partial charge in [-0.3, -0.25) is 24.6 Å². The summed E-state index contributed by atoms with van der Waals surface area (Å²) in [6, 6.07) is 19.5. The Morgan fingerprint density at radius 1 is 0.917 bits per heavy atom. The largest absolute Gasteiger partial charge is 0.494 e. The number of carbonyl (C=O) groups excluding carboxylic acids is 3. The van der Waals surface area contributed by atoms with E-state index in [4.69, 9.17) is 16.3 Å². The second-order valence-corrected chi connectivity index (χ2v) is 20.0. The normalized spacial score (nSPS) is 19.3. The van der Waals surface area contributed by atoms with E-state index in [1.165, 1.54) is 11.8 Å². The number of amides is 3. The average Bonchev–Trinajstić information content (AvgIpc) is 3.58. The third kappa shape index (κ3) is 9.17. The highest BCUT2D eigenvalue weighted by atomic mass is 35.5. The Hall–Kier alpha value is -5.01. The Morgan fingerprint density at radius 3 is 2.45 bits per heavy atom. The first-order valence-electron chi connectivity index (χ1n) is 20.8. The molecule has 4 aromatic rings. The minimum Gasteiger partial charge on any atom is -0.494 e. The lowest BCUT2D eigenvalue weighted by Crippen LogP contribution is -2.53. The van der Waals surface area contributed by atoms with Crippen LogP contribution >= 0.6 is 18.7 Å². The lowest BCUT2D eigenvalue weighted by Gasteiger charge is -2.43. The van der Waals surface area contributed by atoms with Crippen molar-refractivity contribution < 1.29 is 23.7 Å². The molecule has 1 unspecified atom stereocenters. The van der Waals surface area contributed by atoms with Gasteiger partial charge in [0.05, 0.1) is 24.7 Å². The number of hydrogen-bond acceptors (Lipinski definition) is 12. The molecular formula is C44H53ClN9O5P. The van der Waals surface area contributed by atoms with Gasteiger partial charge >= 0.3 is 0 Å². The van der Waals surface area contributed by atoms with E-state index in [1.54, 1.807) is 25.3 Å². The zero-order valence-electron chi connectivity index (χ0n) is 34.5. The van der Waals surface area contributed by atoms with E-state index in [2.05, 4.69) is 58.8 Å². The standard InChI is InChI=1S/C44H53ClN9O5P/c1-59-38-26-31(13-14-35(38)48-44-46-27-34(45)41(50-44)47-36-11-4-5-12-39(36)60(2,3)58)52-20-17-30(18-21-52)53-24-22-51(23-25-53)19-7-9-29-8-6-10-32-33(29)28-54(43(32)57)37-15-16-40(55)49-42(37)56/h4-6,8,10-14,26-27,30,37H,7,9,15-25,28H2,1-3H3,(H,49,55,56)(H2,46,47,48,50). The van der Waals surface area contributed by atoms with E-state index in [0.717, 1.165) is 93.7 Å². The predicted octanol–water partition coefficient (Wildman–Crippen LogP) is 5.85. The summed E-state index contributed by atoms with van der Waals surface area (Å²) in [4.78, 5) is 55.8. The number of para-hydroxylation sites is 1. The Kier molecular flexibility index (Phi) is 12.5. The van der Waals surface area contributed by atoms with Gasteiger partial charge in [0.15, 0.2) is 5.82 Å². The van der Waals surface area contributed by atoms with Crippen molar-refractivity contribution in [1.82, 2.24) is 30.0 Å². The van der Waals surface area contributed by atoms with Gasteiger partial charge < -0.3 is 34.6 Å². The van der Waals surface area contributed by atoms with Gasteiger partial charge in [-0.1, -0.05) is 35.9 Å². The molecule has 3 N–H and O–H groups in total. The van der Waals surface area contributed by atoms with Gasteiger partial charge in [0.1, 0.15) is 24.0 Å². The molecule has 8 rings (SSSR count). The summed E-state index contributed by atoms with van der Waals surface area (Å²) in [6.07, 6.45) is 6.24. The fourth-order valence-electron chi connectivity index (χ4n) is 9.01. The number of fused-ring (bicyclic) bond motifs is 1. The van der Waals surface area contributed by atoms with Crippen LogP contribution < -0.4 is 30.9 Å². The van der Waals surface area contributed by atoms with E-state index in [9.17, 15) is 18.9 Å². The van der Waals surface area contributed by atoms with Crippen LogP contribution in [0.4, 0.5) is 28.8 Å². The molecule has 0 radical (unpaired) electrons. The summed E-state index contributed by atoms with van der Waals surface area (Å²) in [5.74, 6) is 0.671. The van der Waals surface area contributed by atoms with Crippen LogP contribution in [0.2, 0.25) is 5.02 Å². The molecule has 5 heterocycles. The van der Waals surface area contributed by atoms with E-state index < -0.39 is 13.2 Å². The molecule has 14 nitrogen and oxygen atoms in total. The molecule has 1 aromatic heterocycles. The number of imide groups is 1. The van der Waals surface area contributed by atoms with E-state index in [1.807, 2.05) is 42.5 Å². The zero-order chi connectivity index (χ0) is 42.0. The highest BCUT2D eigenvalue weighted by Crippen LogP contribution is 2.39. The number of anilines is 5. The summed E-state index contributed by atoms with van der Waals surface area (Å²) >= 11 is 6.49. The Balaban J connectivity index is 0.799. The molecule has 0 bridgehead atoms. The van der Waals surface area contributed by atoms with E-state index >= 15 is 0 Å². The predicted molar refractivity (Wildman–Crippen MR) is 236 cm³/mol. The molecule has 3 aromatic carbocycles. The number of halogens is 1. The minimum atomic E-state index is -2.55. The number of piperidine rings is 2. The summed E-state index contributed by atoms with van der Waals surface area (Å²) in [6.45, 7) is 11.0. The molecule has 16 heteroatoms. The number of piperazine rings is 1. The monoisotopic (exact) mass is 853 g/mol. The molecule has 0 aliphatic carbocycles. The topological polar surface area (TPSA) is 152 Å². The molecular weight excluding hydrogens is 801 g/mol. The first kappa shape index (κ1) is 41.7. The first-order valence-corrected chi connectivity index (χ1v) is 23.8. The summed E-state index contributed by atoms with van der Waals surface area (Å²) in [5, 5.41) is 10.00. The average molecular weight is 854 g/mol. The van der Waals surface area contributed by atoms with Gasteiger partial charge in [-0.2, -0.15) is 4.98 Å². The van der Waals surface area contributed by atoms with Crippen LogP contribution in [0.15, 0.2) is 66.9 Å². The maximum Gasteiger partial charge on any atom is 0.255 e. The molecule has 4 aliphatic heterocycles. The molecule has 3 saturated heterocycles. The Morgan fingerprint density at radius 2 is 1.70 bits per heavy atom. The van der Waals surface area contributed by atoms with Gasteiger partial charge in [-0.15, -0.1) is 0 Å². The highest BCUT2D eigenvalue weighted by molar-refractivity contribution is 7.70. The number of rotatable bonds is 13. The maximum absolute atomic E-state index is 13.3. The molecule has 0 saturated carbocycles. The number of benzene rings is 3. The Bertz CT molecular complexity index is 2310. The third-order valence-electron chi connectivity index (χ3n) is 12.3. The van der Waals surface area contributed by atoms with Crippen molar-refractivity contribution in [3.8, 4) is 5.75 Å². The van der Waals surface area contributed by atoms with Crippen LogP contribution in [-0.2, 0) is 27.1 Å². The number of ether oxygens (including phenoxy) is 1. The van der Waals surface area contributed by atoms with Gasteiger partial charge in [0.25, 0.3) is 5.91 Å². The SMILES string of the molecule is COc1cc(N2CCC(N3CCN(CCCc4cccc5c4CN(C4CCC(=O)NC4=O)C5=O)CC3)CC2)ccc1Nc1ncc(Cl)c(Nc2ccccc2P(C)(C)=O)n1. The molecule has 3 amide bonds. The van der Waals surface area contributed by atoms with Gasteiger partial charge in [0, 0.05) is 80.9 Å². The zero-order valence-corrected chi connectivity index (χ0v) is 36.1. The molecule has 3 fully saturated rings. The molecule has 316 valence electrons. The summed E-state index contributed by atoms with van der Waals surface area (Å²) in [7, 11) is -0.888. The first-order chi connectivity index (χ1) is 28.9. The second-order valence-electron chi connectivity index (χ2n) is 16.4. The number of nitrogens with zero attached hydrogens (tertiary/aromatic N) is 6. The van der Waals surface area contributed by atoms with Crippen LogP contribution in [0.3, 0.4) is 0 Å². The molecule has 60 heavy (non-hydrogen) atoms. The van der Waals surface area contributed by atoms with Gasteiger partial charge in [-0.25, -0.2) is 4.98 Å². The number of aryl methyl sites for hydroxylation is 1. The van der Waals surface area contributed by atoms with Crippen molar-refractivity contribution in [1.29, 1.82) is 0 Å². The van der Waals surface area contributed by atoms with Crippen molar-refractivity contribution in [2.75, 3.05) is 81.8 Å². The molecule has 4 aliphatic rings. The van der Waals surface area contributed by atoms with E-state index in [0.29, 0.717) is 52.8 Å². The fourth-order valence-corrected chi connectivity index (χ4v) is 10.3. The van der Waals surface area contributed by atoms with Crippen molar-refractivity contribution in [2.24, 2.45) is 0 Å². The van der Waals surface area contributed by atoms with Crippen LogP contribution in [0.25, 0.3) is 0 Å². The fraction of sp³-hybridized carbons (Fsp3) is 0.432. The number of carbonyl (C=O) groups is 3. The molecule has 0 spiro atoms. The maximum atomic E-state index is 13.3. The highest BCUT2D eigenvalue weighted by Gasteiger charge is 2.40. The van der Waals surface area contributed by atoms with Gasteiger partial charge in [-0.05, 0) is 93.4 Å². The van der Waals surface area contributed by atoms with Crippen LogP contribution in [0.1, 0.15) is 53.6 Å². The van der Waals surface area contributed by atoms with Crippen molar-refractivity contribution >= 4 is 70.6 Å². The second kappa shape index (κ2) is 17.9. The van der Waals surface area contributed by atoms with Crippen LogP contribution in [-0.4, -0.2) is 121 Å². The number of hydrogen-bond donors (Lipinski definition) is 3. The molecule has 1 atom stereocenters. The Labute approximate surface area is 356 Å². The minimum absolute atomic E-state index is 0.117. The van der Waals surface area contributed by atoms with E-state index in [-0.39, 0.29) is 24.1 Å². The summed E-state index contributed by atoms with van der Waals surface area (Å²) < 4.78 is 18.7. The van der Waals surface area contributed by atoms with Crippen LogP contribution in [0, 0.1) is 0 Å². The number of nitrogens with one attached hydrogen (secondary N) is 3. The smallest absolute Gasteiger partial charge is 0.255 e. The van der Waals surface area contributed by atoms with Gasteiger partial charge in [0.2, 0.25) is 17.8 Å². The van der Waals surface area contributed by atoms with Crippen molar-refractivity contribution in [3.05, 3.63) is 88.6 Å². The quantitative estimate of drug-likeness (QED) is 0.109.